The van der Waals surface area contributed by atoms with E-state index in [9.17, 15) is 9.90 Å². The van der Waals surface area contributed by atoms with Crippen molar-refractivity contribution in [2.24, 2.45) is 0 Å². The Hall–Kier alpha value is -1.06. The van der Waals surface area contributed by atoms with Gasteiger partial charge in [0.15, 0.2) is 0 Å². The molecule has 1 saturated heterocycles. The van der Waals surface area contributed by atoms with Crippen LogP contribution in [0.3, 0.4) is 0 Å². The van der Waals surface area contributed by atoms with E-state index in [0.29, 0.717) is 31.0 Å². The van der Waals surface area contributed by atoms with Crippen LogP contribution in [0.4, 0.5) is 0 Å². The smallest absolute Gasteiger partial charge is 0.233 e. The van der Waals surface area contributed by atoms with Gasteiger partial charge in [-0.2, -0.15) is 0 Å². The summed E-state index contributed by atoms with van der Waals surface area (Å²) in [4.78, 5) is 14.6. The zero-order valence-electron chi connectivity index (χ0n) is 10.8. The third-order valence-corrected chi connectivity index (χ3v) is 4.52. The molecule has 0 unspecified atom stereocenters. The number of likely N-dealkylation sites (tertiary alicyclic amines) is 1. The molecule has 1 heterocycles. The van der Waals surface area contributed by atoms with Crippen molar-refractivity contribution in [2.45, 2.75) is 37.2 Å². The Morgan fingerprint density at radius 3 is 2.58 bits per heavy atom. The van der Waals surface area contributed by atoms with E-state index in [1.807, 2.05) is 29.2 Å². The van der Waals surface area contributed by atoms with E-state index in [1.54, 1.807) is 0 Å². The van der Waals surface area contributed by atoms with Crippen molar-refractivity contribution in [3.63, 3.8) is 0 Å². The summed E-state index contributed by atoms with van der Waals surface area (Å²) in [6.45, 7) is 1.34. The second-order valence-corrected chi connectivity index (χ2v) is 6.05. The van der Waals surface area contributed by atoms with E-state index in [4.69, 9.17) is 11.6 Å². The van der Waals surface area contributed by atoms with E-state index < -0.39 is 0 Å². The van der Waals surface area contributed by atoms with E-state index in [-0.39, 0.29) is 17.4 Å². The number of carbonyl (C=O) groups is 1. The van der Waals surface area contributed by atoms with Gasteiger partial charge in [-0.05, 0) is 43.4 Å². The van der Waals surface area contributed by atoms with Crippen molar-refractivity contribution < 1.29 is 9.90 Å². The highest BCUT2D eigenvalue weighted by molar-refractivity contribution is 6.30. The maximum Gasteiger partial charge on any atom is 0.233 e. The Balaban J connectivity index is 1.79. The van der Waals surface area contributed by atoms with E-state index in [1.165, 1.54) is 0 Å². The summed E-state index contributed by atoms with van der Waals surface area (Å²) >= 11 is 6.03. The lowest BCUT2D eigenvalue weighted by Crippen LogP contribution is -2.45. The van der Waals surface area contributed by atoms with Crippen LogP contribution in [0.1, 0.15) is 31.2 Å². The Labute approximate surface area is 118 Å². The number of hydrogen-bond donors (Lipinski definition) is 1. The predicted octanol–water partition coefficient (Wildman–Crippen LogP) is 2.35. The summed E-state index contributed by atoms with van der Waals surface area (Å²) < 4.78 is 0. The Morgan fingerprint density at radius 1 is 1.32 bits per heavy atom. The first-order valence-electron chi connectivity index (χ1n) is 6.85. The van der Waals surface area contributed by atoms with Crippen LogP contribution in [-0.4, -0.2) is 35.1 Å². The van der Waals surface area contributed by atoms with Gasteiger partial charge in [0.25, 0.3) is 0 Å². The van der Waals surface area contributed by atoms with Crippen LogP contribution in [0.5, 0.6) is 0 Å². The summed E-state index contributed by atoms with van der Waals surface area (Å²) in [5, 5.41) is 10.2. The van der Waals surface area contributed by atoms with Crippen molar-refractivity contribution in [1.29, 1.82) is 0 Å². The number of benzene rings is 1. The highest BCUT2D eigenvalue weighted by Gasteiger charge is 2.53. The monoisotopic (exact) mass is 279 g/mol. The molecular weight excluding hydrogens is 262 g/mol. The van der Waals surface area contributed by atoms with Gasteiger partial charge in [-0.3, -0.25) is 4.79 Å². The number of rotatable bonds is 2. The molecule has 19 heavy (non-hydrogen) atoms. The van der Waals surface area contributed by atoms with Crippen molar-refractivity contribution in [3.05, 3.63) is 34.9 Å². The summed E-state index contributed by atoms with van der Waals surface area (Å²) in [5.41, 5.74) is 0.698. The standard InChI is InChI=1S/C15H18ClNO2/c16-12-3-1-2-11(10-12)15(6-7-15)14(19)17-8-4-13(18)5-9-17/h1-3,10,13,18H,4-9H2. The van der Waals surface area contributed by atoms with Crippen LogP contribution >= 0.6 is 11.6 Å². The number of aliphatic hydroxyl groups is 1. The molecule has 2 fully saturated rings. The maximum absolute atomic E-state index is 12.7. The first-order chi connectivity index (χ1) is 9.12. The first-order valence-corrected chi connectivity index (χ1v) is 7.23. The molecule has 0 aromatic heterocycles. The van der Waals surface area contributed by atoms with Crippen LogP contribution in [0, 0.1) is 0 Å². The molecule has 1 aliphatic heterocycles. The van der Waals surface area contributed by atoms with Crippen LogP contribution in [0.15, 0.2) is 24.3 Å². The fraction of sp³-hybridized carbons (Fsp3) is 0.533. The molecule has 1 aromatic carbocycles. The molecule has 1 aliphatic carbocycles. The van der Waals surface area contributed by atoms with E-state index >= 15 is 0 Å². The molecule has 4 heteroatoms. The van der Waals surface area contributed by atoms with Gasteiger partial charge in [0.2, 0.25) is 5.91 Å². The second-order valence-electron chi connectivity index (χ2n) is 5.62. The van der Waals surface area contributed by atoms with Crippen molar-refractivity contribution in [2.75, 3.05) is 13.1 Å². The topological polar surface area (TPSA) is 40.5 Å². The van der Waals surface area contributed by atoms with Gasteiger partial charge in [-0.25, -0.2) is 0 Å². The molecule has 1 N–H and O–H groups in total. The normalized spacial score (nSPS) is 22.3. The minimum absolute atomic E-state index is 0.210. The number of halogens is 1. The second kappa shape index (κ2) is 4.80. The predicted molar refractivity (Wildman–Crippen MR) is 74.2 cm³/mol. The quantitative estimate of drug-likeness (QED) is 0.903. The van der Waals surface area contributed by atoms with Gasteiger partial charge in [0.05, 0.1) is 11.5 Å². The highest BCUT2D eigenvalue weighted by atomic mass is 35.5. The van der Waals surface area contributed by atoms with Crippen molar-refractivity contribution in [3.8, 4) is 0 Å². The number of nitrogens with zero attached hydrogens (tertiary/aromatic N) is 1. The lowest BCUT2D eigenvalue weighted by Gasteiger charge is -2.32. The number of aliphatic hydroxyl groups excluding tert-OH is 1. The molecule has 1 amide bonds. The lowest BCUT2D eigenvalue weighted by molar-refractivity contribution is -0.136. The minimum Gasteiger partial charge on any atom is -0.393 e. The van der Waals surface area contributed by atoms with Gasteiger partial charge in [-0.15, -0.1) is 0 Å². The summed E-state index contributed by atoms with van der Waals surface area (Å²) in [6.07, 6.45) is 2.95. The first kappa shape index (κ1) is 12.9. The lowest BCUT2D eigenvalue weighted by atomic mass is 9.93. The third-order valence-electron chi connectivity index (χ3n) is 4.29. The molecule has 1 saturated carbocycles. The van der Waals surface area contributed by atoms with Crippen molar-refractivity contribution in [1.82, 2.24) is 4.90 Å². The molecular formula is C15H18ClNO2. The van der Waals surface area contributed by atoms with Gasteiger partial charge in [0.1, 0.15) is 0 Å². The Kier molecular flexibility index (Phi) is 3.27. The Bertz CT molecular complexity index is 491. The molecule has 102 valence electrons. The molecule has 0 atom stereocenters. The molecule has 3 nitrogen and oxygen atoms in total. The molecule has 0 bridgehead atoms. The summed E-state index contributed by atoms with van der Waals surface area (Å²) in [7, 11) is 0. The summed E-state index contributed by atoms with van der Waals surface area (Å²) in [5.74, 6) is 0.210. The Morgan fingerprint density at radius 2 is 2.00 bits per heavy atom. The van der Waals surface area contributed by atoms with Gasteiger partial charge in [-0.1, -0.05) is 23.7 Å². The van der Waals surface area contributed by atoms with Gasteiger partial charge >= 0.3 is 0 Å². The van der Waals surface area contributed by atoms with Crippen LogP contribution < -0.4 is 0 Å². The fourth-order valence-corrected chi connectivity index (χ4v) is 3.10. The molecule has 1 aromatic rings. The summed E-state index contributed by atoms with van der Waals surface area (Å²) in [6, 6.07) is 7.65. The minimum atomic E-state index is -0.340. The fourth-order valence-electron chi connectivity index (χ4n) is 2.91. The van der Waals surface area contributed by atoms with E-state index in [0.717, 1.165) is 18.4 Å². The van der Waals surface area contributed by atoms with Gasteiger partial charge < -0.3 is 10.0 Å². The van der Waals surface area contributed by atoms with Crippen LogP contribution in [-0.2, 0) is 10.2 Å². The van der Waals surface area contributed by atoms with Crippen LogP contribution in [0.25, 0.3) is 0 Å². The number of carbonyl (C=O) groups excluding carboxylic acids is 1. The molecule has 3 rings (SSSR count). The molecule has 2 aliphatic rings. The maximum atomic E-state index is 12.7. The molecule has 0 radical (unpaired) electrons. The average Bonchev–Trinajstić information content (AvgIpc) is 3.20. The zero-order valence-corrected chi connectivity index (χ0v) is 11.6. The zero-order chi connectivity index (χ0) is 13.5. The third kappa shape index (κ3) is 2.37. The van der Waals surface area contributed by atoms with E-state index in [2.05, 4.69) is 0 Å². The average molecular weight is 280 g/mol. The molecule has 0 spiro atoms. The largest absolute Gasteiger partial charge is 0.393 e. The number of piperidine rings is 1. The highest BCUT2D eigenvalue weighted by Crippen LogP contribution is 2.50. The van der Waals surface area contributed by atoms with Crippen LogP contribution in [0.2, 0.25) is 5.02 Å². The SMILES string of the molecule is O=C(N1CCC(O)CC1)C1(c2cccc(Cl)c2)CC1. The van der Waals surface area contributed by atoms with Gasteiger partial charge in [0, 0.05) is 18.1 Å². The number of amides is 1. The van der Waals surface area contributed by atoms with Crippen molar-refractivity contribution >= 4 is 17.5 Å². The number of hydrogen-bond acceptors (Lipinski definition) is 2.